The number of carboxylic acids is 1. The van der Waals surface area contributed by atoms with Crippen LogP contribution in [0.2, 0.25) is 0 Å². The number of hydrogen-bond acceptors (Lipinski definition) is 2. The maximum atomic E-state index is 9.32. The van der Waals surface area contributed by atoms with E-state index >= 15 is 0 Å². The Labute approximate surface area is 61.7 Å². The van der Waals surface area contributed by atoms with Gasteiger partial charge in [-0.2, -0.15) is 0 Å². The summed E-state index contributed by atoms with van der Waals surface area (Å²) in [5.74, 6) is -1.27. The molecule has 0 unspecified atom stereocenters. The molecule has 0 fully saturated rings. The number of rotatable bonds is 1. The molecular formula is C3H2AgClO2. The largest absolute Gasteiger partial charge is 1.00 e. The minimum atomic E-state index is -1.27. The van der Waals surface area contributed by atoms with Crippen molar-refractivity contribution >= 4 is 17.6 Å². The third kappa shape index (κ3) is 10.7. The standard InChI is InChI=1S/C3H3ClO2.Ag/c4-2-1-3(5)6;/h1-2H,(H,5,6);/q;+1/p-1. The van der Waals surface area contributed by atoms with Crippen LogP contribution in [-0.4, -0.2) is 5.97 Å². The van der Waals surface area contributed by atoms with Crippen LogP contribution in [0.5, 0.6) is 0 Å². The van der Waals surface area contributed by atoms with Gasteiger partial charge in [-0.1, -0.05) is 11.6 Å². The van der Waals surface area contributed by atoms with Gasteiger partial charge in [-0.15, -0.1) is 0 Å². The molecule has 0 aliphatic heterocycles. The van der Waals surface area contributed by atoms with Gasteiger partial charge in [0.1, 0.15) is 0 Å². The van der Waals surface area contributed by atoms with Crippen molar-refractivity contribution in [1.29, 1.82) is 0 Å². The van der Waals surface area contributed by atoms with Crippen molar-refractivity contribution in [3.8, 4) is 0 Å². The van der Waals surface area contributed by atoms with Crippen molar-refractivity contribution < 1.29 is 32.3 Å². The fourth-order valence-corrected chi connectivity index (χ4v) is 0.154. The molecule has 0 spiro atoms. The Bertz CT molecular complexity index is 81.0. The first-order chi connectivity index (χ1) is 2.77. The summed E-state index contributed by atoms with van der Waals surface area (Å²) in [4.78, 5) is 9.32. The monoisotopic (exact) mass is 212 g/mol. The molecule has 0 aromatic rings. The van der Waals surface area contributed by atoms with Gasteiger partial charge in [0.15, 0.2) is 0 Å². The molecule has 0 heterocycles. The van der Waals surface area contributed by atoms with Crippen LogP contribution < -0.4 is 5.11 Å². The van der Waals surface area contributed by atoms with Crippen LogP contribution in [0.15, 0.2) is 11.6 Å². The molecule has 0 aromatic heterocycles. The molecule has 0 N–H and O–H groups in total. The maximum absolute atomic E-state index is 9.32. The molecule has 0 bridgehead atoms. The van der Waals surface area contributed by atoms with Crippen LogP contribution >= 0.6 is 11.6 Å². The Kier molecular flexibility index (Phi) is 9.15. The van der Waals surface area contributed by atoms with E-state index < -0.39 is 5.97 Å². The van der Waals surface area contributed by atoms with E-state index in [1.54, 1.807) is 0 Å². The molecule has 0 aliphatic carbocycles. The third-order valence-electron chi connectivity index (χ3n) is 0.199. The van der Waals surface area contributed by atoms with Gasteiger partial charge in [-0.05, 0) is 6.08 Å². The first kappa shape index (κ1) is 10.3. The number of aliphatic carboxylic acids is 1. The fraction of sp³-hybridized carbons (Fsp3) is 0. The summed E-state index contributed by atoms with van der Waals surface area (Å²) in [6.07, 6.45) is 0.738. The molecule has 44 valence electrons. The zero-order valence-corrected chi connectivity index (χ0v) is 5.39. The minimum absolute atomic E-state index is 0. The molecule has 0 atom stereocenters. The van der Waals surface area contributed by atoms with Gasteiger partial charge < -0.3 is 9.90 Å². The number of carbonyl (C=O) groups is 1. The molecule has 0 aromatic carbocycles. The molecule has 0 saturated carbocycles. The second-order valence-electron chi connectivity index (χ2n) is 0.612. The Balaban J connectivity index is 0. The van der Waals surface area contributed by atoms with E-state index in [0.29, 0.717) is 0 Å². The van der Waals surface area contributed by atoms with Crippen molar-refractivity contribution in [1.82, 2.24) is 0 Å². The van der Waals surface area contributed by atoms with Gasteiger partial charge in [-0.3, -0.25) is 0 Å². The Morgan fingerprint density at radius 1 is 1.71 bits per heavy atom. The van der Waals surface area contributed by atoms with Gasteiger partial charge in [0.05, 0.1) is 5.97 Å². The third-order valence-corrected chi connectivity index (χ3v) is 0.325. The van der Waals surface area contributed by atoms with Crippen LogP contribution in [0, 0.1) is 0 Å². The molecule has 0 saturated heterocycles. The molecule has 2 nitrogen and oxygen atoms in total. The van der Waals surface area contributed by atoms with Crippen molar-refractivity contribution in [2.24, 2.45) is 0 Å². The van der Waals surface area contributed by atoms with Crippen LogP contribution in [0.1, 0.15) is 0 Å². The minimum Gasteiger partial charge on any atom is -0.545 e. The molecule has 0 aliphatic rings. The average Bonchev–Trinajstić information content (AvgIpc) is 1.35. The van der Waals surface area contributed by atoms with E-state index in [4.69, 9.17) is 11.6 Å². The predicted octanol–water partition coefficient (Wildman–Crippen LogP) is -0.514. The summed E-state index contributed by atoms with van der Waals surface area (Å²) in [5.41, 5.74) is 0.884. The van der Waals surface area contributed by atoms with Gasteiger partial charge >= 0.3 is 22.4 Å². The molecule has 0 radical (unpaired) electrons. The summed E-state index contributed by atoms with van der Waals surface area (Å²) >= 11 is 4.80. The van der Waals surface area contributed by atoms with Gasteiger partial charge in [0.2, 0.25) is 0 Å². The Morgan fingerprint density at radius 2 is 2.14 bits per heavy atom. The summed E-state index contributed by atoms with van der Waals surface area (Å²) in [6.45, 7) is 0. The number of carbonyl (C=O) groups excluding carboxylic acids is 1. The topological polar surface area (TPSA) is 40.1 Å². The molecule has 0 rings (SSSR count). The van der Waals surface area contributed by atoms with E-state index in [2.05, 4.69) is 0 Å². The normalized spacial score (nSPS) is 8.14. The van der Waals surface area contributed by atoms with E-state index in [-0.39, 0.29) is 22.4 Å². The maximum Gasteiger partial charge on any atom is 1.00 e. The number of hydrogen-bond donors (Lipinski definition) is 0. The van der Waals surface area contributed by atoms with E-state index in [1.165, 1.54) is 0 Å². The van der Waals surface area contributed by atoms with E-state index in [1.807, 2.05) is 0 Å². The summed E-state index contributed by atoms with van der Waals surface area (Å²) in [6, 6.07) is 0. The molecule has 7 heavy (non-hydrogen) atoms. The zero-order valence-electron chi connectivity index (χ0n) is 3.15. The van der Waals surface area contributed by atoms with E-state index in [9.17, 15) is 9.90 Å². The van der Waals surface area contributed by atoms with Crippen molar-refractivity contribution in [2.45, 2.75) is 0 Å². The zero-order chi connectivity index (χ0) is 4.99. The SMILES string of the molecule is O=C([O-])C=CCl.[Ag+]. The first-order valence-electron chi connectivity index (χ1n) is 1.25. The molecular weight excluding hydrogens is 211 g/mol. The van der Waals surface area contributed by atoms with Crippen LogP contribution in [0.3, 0.4) is 0 Å². The molecule has 4 heteroatoms. The van der Waals surface area contributed by atoms with Crippen LogP contribution in [0.4, 0.5) is 0 Å². The van der Waals surface area contributed by atoms with E-state index in [0.717, 1.165) is 11.6 Å². The van der Waals surface area contributed by atoms with Crippen LogP contribution in [-0.2, 0) is 27.2 Å². The number of halogens is 1. The fourth-order valence-electron chi connectivity index (χ4n) is 0.0514. The van der Waals surface area contributed by atoms with Gasteiger partial charge in [0.25, 0.3) is 0 Å². The average molecular weight is 213 g/mol. The second kappa shape index (κ2) is 6.24. The molecule has 0 amide bonds. The van der Waals surface area contributed by atoms with Crippen LogP contribution in [0.25, 0.3) is 0 Å². The predicted molar refractivity (Wildman–Crippen MR) is 20.0 cm³/mol. The summed E-state index contributed by atoms with van der Waals surface area (Å²) in [5, 5.41) is 9.32. The first-order valence-corrected chi connectivity index (χ1v) is 1.68. The second-order valence-corrected chi connectivity index (χ2v) is 0.864. The van der Waals surface area contributed by atoms with Gasteiger partial charge in [-0.25, -0.2) is 0 Å². The Morgan fingerprint density at radius 3 is 2.14 bits per heavy atom. The van der Waals surface area contributed by atoms with Crippen molar-refractivity contribution in [3.63, 3.8) is 0 Å². The summed E-state index contributed by atoms with van der Waals surface area (Å²) < 4.78 is 0. The summed E-state index contributed by atoms with van der Waals surface area (Å²) in [7, 11) is 0. The smallest absolute Gasteiger partial charge is 0.545 e. The van der Waals surface area contributed by atoms with Crippen molar-refractivity contribution in [3.05, 3.63) is 11.6 Å². The number of carboxylic acid groups (broad SMARTS) is 1. The Hall–Kier alpha value is 0.240. The quantitative estimate of drug-likeness (QED) is 0.435. The van der Waals surface area contributed by atoms with Gasteiger partial charge in [0, 0.05) is 5.54 Å². The van der Waals surface area contributed by atoms with Crippen molar-refractivity contribution in [2.75, 3.05) is 0 Å².